The summed E-state index contributed by atoms with van der Waals surface area (Å²) in [6, 6.07) is 0.0154. The Morgan fingerprint density at radius 3 is 2.30 bits per heavy atom. The molecule has 1 heterocycles. The van der Waals surface area contributed by atoms with E-state index in [1.54, 1.807) is 6.92 Å². The first-order valence-corrected chi connectivity index (χ1v) is 6.26. The Kier molecular flexibility index (Phi) is 4.86. The molecule has 112 valence electrons. The molecule has 7 heteroatoms. The molecule has 0 aliphatic carbocycles. The molecule has 20 heavy (non-hydrogen) atoms. The number of amides is 1. The molecular weight excluding hydrogens is 266 g/mol. The van der Waals surface area contributed by atoms with Crippen molar-refractivity contribution in [1.29, 1.82) is 0 Å². The summed E-state index contributed by atoms with van der Waals surface area (Å²) in [4.78, 5) is 15.6. The maximum Gasteiger partial charge on any atom is 0.242 e. The van der Waals surface area contributed by atoms with Gasteiger partial charge in [0, 0.05) is 18.7 Å². The van der Waals surface area contributed by atoms with Gasteiger partial charge in [-0.1, -0.05) is 0 Å². The Balaban J connectivity index is 2.85. The fourth-order valence-corrected chi connectivity index (χ4v) is 1.49. The summed E-state index contributed by atoms with van der Waals surface area (Å²) in [5.74, 6) is -2.20. The van der Waals surface area contributed by atoms with Gasteiger partial charge in [-0.2, -0.15) is 0 Å². The van der Waals surface area contributed by atoms with E-state index in [-0.39, 0.29) is 17.5 Å². The number of hydrogen-bond acceptors (Lipinski definition) is 4. The van der Waals surface area contributed by atoms with E-state index in [9.17, 15) is 13.6 Å². The summed E-state index contributed by atoms with van der Waals surface area (Å²) in [6.45, 7) is 7.10. The second kappa shape index (κ2) is 6.02. The van der Waals surface area contributed by atoms with Gasteiger partial charge in [-0.05, 0) is 27.7 Å². The van der Waals surface area contributed by atoms with Crippen LogP contribution in [0.2, 0.25) is 0 Å². The van der Waals surface area contributed by atoms with Crippen LogP contribution in [0.25, 0.3) is 0 Å². The number of carbonyl (C=O) groups excluding carboxylic acids is 1. The zero-order valence-corrected chi connectivity index (χ0v) is 12.3. The monoisotopic (exact) mass is 286 g/mol. The van der Waals surface area contributed by atoms with Gasteiger partial charge in [0.1, 0.15) is 6.04 Å². The highest BCUT2D eigenvalue weighted by molar-refractivity contribution is 5.84. The lowest BCUT2D eigenvalue weighted by atomic mass is 10.1. The zero-order valence-electron chi connectivity index (χ0n) is 12.3. The number of pyridine rings is 1. The molecule has 1 unspecified atom stereocenters. The molecule has 3 N–H and O–H groups in total. The quantitative estimate of drug-likeness (QED) is 0.793. The first-order valence-electron chi connectivity index (χ1n) is 6.26. The molecule has 0 aliphatic rings. The van der Waals surface area contributed by atoms with Crippen LogP contribution in [0.4, 0.5) is 20.4 Å². The number of carbonyl (C=O) groups is 1. The van der Waals surface area contributed by atoms with Crippen LogP contribution >= 0.6 is 0 Å². The molecule has 1 aromatic rings. The van der Waals surface area contributed by atoms with Crippen molar-refractivity contribution < 1.29 is 13.6 Å². The molecular formula is C13H20F2N4O. The smallest absolute Gasteiger partial charge is 0.242 e. The van der Waals surface area contributed by atoms with Gasteiger partial charge < -0.3 is 16.0 Å². The van der Waals surface area contributed by atoms with E-state index in [0.717, 1.165) is 6.07 Å². The highest BCUT2D eigenvalue weighted by atomic mass is 19.1. The van der Waals surface area contributed by atoms with Crippen LogP contribution in [0.3, 0.4) is 0 Å². The average molecular weight is 286 g/mol. The third-order valence-corrected chi connectivity index (χ3v) is 2.41. The molecule has 0 saturated heterocycles. The van der Waals surface area contributed by atoms with Crippen molar-refractivity contribution in [2.75, 3.05) is 17.7 Å². The van der Waals surface area contributed by atoms with Crippen molar-refractivity contribution >= 4 is 17.5 Å². The molecule has 0 radical (unpaired) electrons. The Hall–Kier alpha value is -1.92. The van der Waals surface area contributed by atoms with Crippen LogP contribution in [0.1, 0.15) is 27.7 Å². The Morgan fingerprint density at radius 2 is 1.80 bits per heavy atom. The van der Waals surface area contributed by atoms with Crippen LogP contribution in [0.15, 0.2) is 6.07 Å². The molecule has 1 amide bonds. The van der Waals surface area contributed by atoms with Crippen LogP contribution < -0.4 is 16.0 Å². The van der Waals surface area contributed by atoms with E-state index >= 15 is 0 Å². The van der Waals surface area contributed by atoms with E-state index in [2.05, 4.69) is 20.9 Å². The predicted molar refractivity (Wildman–Crippen MR) is 74.7 cm³/mol. The minimum absolute atomic E-state index is 0.0858. The lowest BCUT2D eigenvalue weighted by Gasteiger charge is -2.24. The number of aromatic nitrogens is 1. The fourth-order valence-electron chi connectivity index (χ4n) is 1.49. The van der Waals surface area contributed by atoms with E-state index < -0.39 is 23.2 Å². The Morgan fingerprint density at radius 1 is 1.25 bits per heavy atom. The van der Waals surface area contributed by atoms with E-state index in [0.29, 0.717) is 0 Å². The second-order valence-corrected chi connectivity index (χ2v) is 5.50. The van der Waals surface area contributed by atoms with Gasteiger partial charge in [0.05, 0.1) is 0 Å². The van der Waals surface area contributed by atoms with Crippen molar-refractivity contribution in [3.8, 4) is 0 Å². The number of halogens is 2. The molecule has 1 aromatic heterocycles. The van der Waals surface area contributed by atoms with E-state index in [1.165, 1.54) is 7.05 Å². The van der Waals surface area contributed by atoms with Crippen LogP contribution in [0, 0.1) is 11.6 Å². The van der Waals surface area contributed by atoms with Gasteiger partial charge >= 0.3 is 0 Å². The van der Waals surface area contributed by atoms with Crippen molar-refractivity contribution in [3.05, 3.63) is 17.7 Å². The maximum absolute atomic E-state index is 13.6. The predicted octanol–water partition coefficient (Wildman–Crippen LogP) is 2.12. The average Bonchev–Trinajstić information content (AvgIpc) is 2.30. The highest BCUT2D eigenvalue weighted by Crippen LogP contribution is 2.19. The molecule has 0 aliphatic heterocycles. The summed E-state index contributed by atoms with van der Waals surface area (Å²) < 4.78 is 26.9. The van der Waals surface area contributed by atoms with Gasteiger partial charge in [-0.3, -0.25) is 4.79 Å². The summed E-state index contributed by atoms with van der Waals surface area (Å²) >= 11 is 0. The van der Waals surface area contributed by atoms with Crippen molar-refractivity contribution in [2.45, 2.75) is 39.3 Å². The van der Waals surface area contributed by atoms with Crippen LogP contribution in [-0.2, 0) is 4.79 Å². The zero-order chi connectivity index (χ0) is 15.5. The fraction of sp³-hybridized carbons (Fsp3) is 0.538. The first-order chi connectivity index (χ1) is 9.14. The van der Waals surface area contributed by atoms with Crippen molar-refractivity contribution in [1.82, 2.24) is 10.3 Å². The highest BCUT2D eigenvalue weighted by Gasteiger charge is 2.21. The molecule has 0 saturated carbocycles. The molecule has 1 rings (SSSR count). The maximum atomic E-state index is 13.6. The van der Waals surface area contributed by atoms with Gasteiger partial charge in [-0.25, -0.2) is 13.8 Å². The molecule has 1 atom stereocenters. The second-order valence-electron chi connectivity index (χ2n) is 5.50. The third-order valence-electron chi connectivity index (χ3n) is 2.41. The number of nitrogens with one attached hydrogen (secondary N) is 3. The summed E-state index contributed by atoms with van der Waals surface area (Å²) in [5.41, 5.74) is -0.391. The van der Waals surface area contributed by atoms with Gasteiger partial charge in [0.15, 0.2) is 23.3 Å². The van der Waals surface area contributed by atoms with Gasteiger partial charge in [0.2, 0.25) is 5.91 Å². The Bertz CT molecular complexity index is 500. The number of rotatable bonds is 4. The number of anilines is 2. The van der Waals surface area contributed by atoms with Gasteiger partial charge in [-0.15, -0.1) is 0 Å². The molecule has 5 nitrogen and oxygen atoms in total. The van der Waals surface area contributed by atoms with Crippen molar-refractivity contribution in [2.24, 2.45) is 0 Å². The SMILES string of the molecule is CNc1nc(NC(C)C(=O)NC(C)(C)C)c(F)cc1F. The largest absolute Gasteiger partial charge is 0.371 e. The third kappa shape index (κ3) is 4.32. The van der Waals surface area contributed by atoms with Crippen LogP contribution in [-0.4, -0.2) is 29.5 Å². The minimum atomic E-state index is -0.850. The topological polar surface area (TPSA) is 66.0 Å². The van der Waals surface area contributed by atoms with E-state index in [1.807, 2.05) is 20.8 Å². The normalized spacial score (nSPS) is 12.8. The summed E-state index contributed by atoms with van der Waals surface area (Å²) in [5, 5.41) is 7.90. The summed E-state index contributed by atoms with van der Waals surface area (Å²) in [6.07, 6.45) is 0. The minimum Gasteiger partial charge on any atom is -0.371 e. The first kappa shape index (κ1) is 16.1. The van der Waals surface area contributed by atoms with Crippen LogP contribution in [0.5, 0.6) is 0 Å². The van der Waals surface area contributed by atoms with E-state index in [4.69, 9.17) is 0 Å². The number of hydrogen-bond donors (Lipinski definition) is 3. The number of nitrogens with zero attached hydrogens (tertiary/aromatic N) is 1. The van der Waals surface area contributed by atoms with Crippen molar-refractivity contribution in [3.63, 3.8) is 0 Å². The molecule has 0 spiro atoms. The molecule has 0 fully saturated rings. The molecule has 0 bridgehead atoms. The lowest BCUT2D eigenvalue weighted by molar-refractivity contribution is -0.122. The summed E-state index contributed by atoms with van der Waals surface area (Å²) in [7, 11) is 1.48. The Labute approximate surface area is 117 Å². The standard InChI is InChI=1S/C13H20F2N4O/c1-7(12(20)19-13(2,3)4)17-11-9(15)6-8(14)10(16-5)18-11/h6-7H,1-5H3,(H,19,20)(H2,16,17,18). The lowest BCUT2D eigenvalue weighted by Crippen LogP contribution is -2.47. The van der Waals surface area contributed by atoms with Gasteiger partial charge in [0.25, 0.3) is 0 Å². The molecule has 0 aromatic carbocycles.